The van der Waals surface area contributed by atoms with Crippen LogP contribution in [-0.2, 0) is 21.4 Å². The van der Waals surface area contributed by atoms with Gasteiger partial charge in [0, 0.05) is 0 Å². The fourth-order valence-electron chi connectivity index (χ4n) is 2.88. The van der Waals surface area contributed by atoms with E-state index in [-0.39, 0.29) is 0 Å². The molecule has 0 aliphatic rings. The van der Waals surface area contributed by atoms with Crippen LogP contribution >= 0.6 is 0 Å². The monoisotopic (exact) mass is 467 g/mol. The van der Waals surface area contributed by atoms with Gasteiger partial charge in [-0.25, -0.2) is 13.8 Å². The van der Waals surface area contributed by atoms with Gasteiger partial charge in [0.2, 0.25) is 10.0 Å². The third-order valence-electron chi connectivity index (χ3n) is 4.58. The van der Waals surface area contributed by atoms with Crippen LogP contribution in [0.15, 0.2) is 84.0 Å². The van der Waals surface area contributed by atoms with Gasteiger partial charge < -0.3 is 9.47 Å². The van der Waals surface area contributed by atoms with E-state index in [1.54, 1.807) is 48.5 Å². The van der Waals surface area contributed by atoms with Gasteiger partial charge in [-0.2, -0.15) is 5.10 Å². The number of rotatable bonds is 10. The molecule has 0 unspecified atom stereocenters. The van der Waals surface area contributed by atoms with E-state index in [4.69, 9.17) is 9.47 Å². The fraction of sp³-hybridized carbons (Fsp3) is 0.167. The molecule has 0 spiro atoms. The summed E-state index contributed by atoms with van der Waals surface area (Å²) in [7, 11) is -2.16. The lowest BCUT2D eigenvalue weighted by molar-refractivity contribution is -0.119. The Balaban J connectivity index is 1.54. The molecule has 9 heteroatoms. The van der Waals surface area contributed by atoms with Crippen molar-refractivity contribution in [3.05, 3.63) is 90.0 Å². The topological polar surface area (TPSA) is 97.3 Å². The zero-order valence-electron chi connectivity index (χ0n) is 18.3. The standard InChI is InChI=1S/C24H25N3O5S/c1-31-22-14-10-21(11-15-22)27(33(2,29)30)17-24(28)26-25-16-19-8-12-23(13-9-19)32-18-20-6-4-3-5-7-20/h3-16H,17-18H2,1-2H3,(H,26,28)/b25-16-. The van der Waals surface area contributed by atoms with Crippen molar-refractivity contribution in [3.63, 3.8) is 0 Å². The first-order valence-electron chi connectivity index (χ1n) is 10.1. The van der Waals surface area contributed by atoms with Gasteiger partial charge in [-0.1, -0.05) is 30.3 Å². The van der Waals surface area contributed by atoms with Gasteiger partial charge in [0.05, 0.1) is 25.3 Å². The summed E-state index contributed by atoms with van der Waals surface area (Å²) in [6.07, 6.45) is 2.51. The highest BCUT2D eigenvalue weighted by Crippen LogP contribution is 2.21. The van der Waals surface area contributed by atoms with Crippen LogP contribution < -0.4 is 19.2 Å². The van der Waals surface area contributed by atoms with Crippen molar-refractivity contribution in [1.82, 2.24) is 5.43 Å². The Labute approximate surface area is 193 Å². The van der Waals surface area contributed by atoms with Crippen LogP contribution in [0.4, 0.5) is 5.69 Å². The highest BCUT2D eigenvalue weighted by Gasteiger charge is 2.20. The van der Waals surface area contributed by atoms with E-state index in [0.717, 1.165) is 21.7 Å². The second-order valence-electron chi connectivity index (χ2n) is 7.10. The zero-order valence-corrected chi connectivity index (χ0v) is 19.2. The zero-order chi connectivity index (χ0) is 23.7. The number of hydrogen-bond acceptors (Lipinski definition) is 6. The van der Waals surface area contributed by atoms with Crippen LogP contribution in [0.25, 0.3) is 0 Å². The minimum Gasteiger partial charge on any atom is -0.497 e. The summed E-state index contributed by atoms with van der Waals surface area (Å²) < 4.78 is 36.1. The van der Waals surface area contributed by atoms with Crippen molar-refractivity contribution in [2.75, 3.05) is 24.2 Å². The summed E-state index contributed by atoms with van der Waals surface area (Å²) in [5.41, 5.74) is 4.53. The van der Waals surface area contributed by atoms with E-state index in [1.165, 1.54) is 13.3 Å². The first-order chi connectivity index (χ1) is 15.8. The largest absolute Gasteiger partial charge is 0.497 e. The van der Waals surface area contributed by atoms with Crippen molar-refractivity contribution in [3.8, 4) is 11.5 Å². The molecule has 3 rings (SSSR count). The predicted molar refractivity (Wildman–Crippen MR) is 128 cm³/mol. The molecule has 1 N–H and O–H groups in total. The minimum atomic E-state index is -3.67. The van der Waals surface area contributed by atoms with Crippen LogP contribution in [0.1, 0.15) is 11.1 Å². The van der Waals surface area contributed by atoms with Crippen molar-refractivity contribution in [2.45, 2.75) is 6.61 Å². The third-order valence-corrected chi connectivity index (χ3v) is 5.72. The summed E-state index contributed by atoms with van der Waals surface area (Å²) >= 11 is 0. The number of methoxy groups -OCH3 is 1. The summed E-state index contributed by atoms with van der Waals surface area (Å²) in [6, 6.07) is 23.4. The van der Waals surface area contributed by atoms with Gasteiger partial charge >= 0.3 is 0 Å². The van der Waals surface area contributed by atoms with Crippen LogP contribution in [0.3, 0.4) is 0 Å². The van der Waals surface area contributed by atoms with Crippen LogP contribution in [0.5, 0.6) is 11.5 Å². The molecule has 0 aliphatic heterocycles. The molecule has 0 saturated carbocycles. The SMILES string of the molecule is COc1ccc(N(CC(=O)N/N=C\c2ccc(OCc3ccccc3)cc2)S(C)(=O)=O)cc1. The molecule has 0 aromatic heterocycles. The van der Waals surface area contributed by atoms with Gasteiger partial charge in [-0.3, -0.25) is 9.10 Å². The number of anilines is 1. The molecular weight excluding hydrogens is 442 g/mol. The first-order valence-corrected chi connectivity index (χ1v) is 11.9. The van der Waals surface area contributed by atoms with Gasteiger partial charge in [-0.15, -0.1) is 0 Å². The molecule has 172 valence electrons. The lowest BCUT2D eigenvalue weighted by Gasteiger charge is -2.21. The van der Waals surface area contributed by atoms with Crippen molar-refractivity contribution in [2.24, 2.45) is 5.10 Å². The average Bonchev–Trinajstić information content (AvgIpc) is 2.82. The summed E-state index contributed by atoms with van der Waals surface area (Å²) in [5.74, 6) is 0.719. The molecule has 0 aliphatic carbocycles. The Bertz CT molecular complexity index is 1180. The van der Waals surface area contributed by atoms with Crippen LogP contribution in [-0.4, -0.2) is 40.4 Å². The molecule has 33 heavy (non-hydrogen) atoms. The van der Waals surface area contributed by atoms with Crippen molar-refractivity contribution in [1.29, 1.82) is 0 Å². The second-order valence-corrected chi connectivity index (χ2v) is 9.01. The Kier molecular flexibility index (Phi) is 8.04. The Morgan fingerprint density at radius 2 is 1.61 bits per heavy atom. The van der Waals surface area contributed by atoms with E-state index in [1.807, 2.05) is 30.3 Å². The Morgan fingerprint density at radius 1 is 0.970 bits per heavy atom. The molecule has 0 heterocycles. The number of hydrogen-bond donors (Lipinski definition) is 1. The number of amides is 1. The van der Waals surface area contributed by atoms with Gasteiger partial charge in [0.1, 0.15) is 24.7 Å². The molecule has 3 aromatic carbocycles. The maximum Gasteiger partial charge on any atom is 0.260 e. The molecule has 8 nitrogen and oxygen atoms in total. The van der Waals surface area contributed by atoms with E-state index >= 15 is 0 Å². The number of benzene rings is 3. The number of carbonyl (C=O) groups excluding carboxylic acids is 1. The maximum atomic E-state index is 12.3. The fourth-order valence-corrected chi connectivity index (χ4v) is 3.74. The lowest BCUT2D eigenvalue weighted by Crippen LogP contribution is -2.39. The lowest BCUT2D eigenvalue weighted by atomic mass is 10.2. The maximum absolute atomic E-state index is 12.3. The van der Waals surface area contributed by atoms with Gasteiger partial charge in [-0.05, 0) is 59.7 Å². The van der Waals surface area contributed by atoms with Gasteiger partial charge in [0.15, 0.2) is 0 Å². The number of carbonyl (C=O) groups is 1. The minimum absolute atomic E-state index is 0.350. The summed E-state index contributed by atoms with van der Waals surface area (Å²) in [6.45, 7) is 0.0597. The number of ether oxygens (including phenoxy) is 2. The van der Waals surface area contributed by atoms with Gasteiger partial charge in [0.25, 0.3) is 5.91 Å². The smallest absolute Gasteiger partial charge is 0.260 e. The molecule has 0 fully saturated rings. The Morgan fingerprint density at radius 3 is 2.21 bits per heavy atom. The molecule has 3 aromatic rings. The van der Waals surface area contributed by atoms with Crippen LogP contribution in [0, 0.1) is 0 Å². The molecular formula is C24H25N3O5S. The number of hydrazone groups is 1. The van der Waals surface area contributed by atoms with E-state index in [9.17, 15) is 13.2 Å². The van der Waals surface area contributed by atoms with Crippen molar-refractivity contribution >= 4 is 27.8 Å². The normalized spacial score (nSPS) is 11.2. The molecule has 0 atom stereocenters. The second kappa shape index (κ2) is 11.1. The third kappa shape index (κ3) is 7.36. The van der Waals surface area contributed by atoms with Crippen molar-refractivity contribution < 1.29 is 22.7 Å². The number of nitrogens with zero attached hydrogens (tertiary/aromatic N) is 2. The number of nitrogens with one attached hydrogen (secondary N) is 1. The molecule has 0 radical (unpaired) electrons. The first kappa shape index (κ1) is 23.8. The summed E-state index contributed by atoms with van der Waals surface area (Å²) in [5, 5.41) is 3.91. The Hall–Kier alpha value is -3.85. The van der Waals surface area contributed by atoms with E-state index < -0.39 is 22.5 Å². The van der Waals surface area contributed by atoms with E-state index in [0.29, 0.717) is 23.8 Å². The molecule has 0 bridgehead atoms. The summed E-state index contributed by atoms with van der Waals surface area (Å²) in [4.78, 5) is 12.3. The van der Waals surface area contributed by atoms with Crippen LogP contribution in [0.2, 0.25) is 0 Å². The highest BCUT2D eigenvalue weighted by molar-refractivity contribution is 7.92. The highest BCUT2D eigenvalue weighted by atomic mass is 32.2. The average molecular weight is 468 g/mol. The number of sulfonamides is 1. The quantitative estimate of drug-likeness (QED) is 0.365. The molecule has 0 saturated heterocycles. The van der Waals surface area contributed by atoms with E-state index in [2.05, 4.69) is 10.5 Å². The predicted octanol–water partition coefficient (Wildman–Crippen LogP) is 3.19. The molecule has 1 amide bonds.